The van der Waals surface area contributed by atoms with Crippen LogP contribution < -0.4 is 13.9 Å². The Kier molecular flexibility index (Phi) is 19.0. The van der Waals surface area contributed by atoms with Crippen LogP contribution in [0.5, 0.6) is 0 Å². The Balaban J connectivity index is 0.000000222. The van der Waals surface area contributed by atoms with Crippen molar-refractivity contribution in [3.8, 4) is 0 Å². The average molecular weight is 978 g/mol. The van der Waals surface area contributed by atoms with Crippen molar-refractivity contribution in [3.05, 3.63) is 131 Å². The van der Waals surface area contributed by atoms with Crippen molar-refractivity contribution in [1.29, 1.82) is 0 Å². The number of likely N-dealkylation sites (tertiary alicyclic amines) is 1. The second-order valence-corrected chi connectivity index (χ2v) is 20.1. The highest BCUT2D eigenvalue weighted by Crippen LogP contribution is 2.31. The molecule has 4 heterocycles. The molecule has 0 amide bonds. The van der Waals surface area contributed by atoms with E-state index in [9.17, 15) is 40.0 Å². The monoisotopic (exact) mass is 976 g/mol. The van der Waals surface area contributed by atoms with Crippen LogP contribution in [0.25, 0.3) is 0 Å². The predicted octanol–water partition coefficient (Wildman–Crippen LogP) is 5.52. The van der Waals surface area contributed by atoms with Crippen LogP contribution in [0.4, 0.5) is 20.2 Å². The topological polar surface area (TPSA) is 178 Å². The lowest BCUT2D eigenvalue weighted by atomic mass is 10.1. The SMILES string of the molecule is COC(=O)c1ccc(CN(c2ccccc2)S(=O)(=O)C2CCN(C3COC3)CC2)c(F)c1.COC(=O)c1ccc(CN(c2ccccc2)S(=O)(=O)C2CCNCC2)c(F)c1.Cl.O=C1COC1. The van der Waals surface area contributed by atoms with E-state index in [4.69, 9.17) is 4.74 Å². The summed E-state index contributed by atoms with van der Waals surface area (Å²) in [6.45, 7) is 4.46. The minimum absolute atomic E-state index is 0. The molecule has 0 bridgehead atoms. The number of carbonyl (C=O) groups is 3. The van der Waals surface area contributed by atoms with Gasteiger partial charge in [-0.1, -0.05) is 48.5 Å². The molecule has 15 nitrogen and oxygen atoms in total. The van der Waals surface area contributed by atoms with Crippen molar-refractivity contribution in [2.45, 2.75) is 55.3 Å². The Bertz CT molecular complexity index is 2470. The van der Waals surface area contributed by atoms with E-state index in [0.29, 0.717) is 95.7 Å². The zero-order valence-corrected chi connectivity index (χ0v) is 39.1. The third-order valence-electron chi connectivity index (χ3n) is 11.5. The van der Waals surface area contributed by atoms with Crippen LogP contribution in [0, 0.1) is 11.6 Å². The molecule has 4 fully saturated rings. The molecule has 0 spiro atoms. The van der Waals surface area contributed by atoms with Crippen LogP contribution in [-0.2, 0) is 56.9 Å². The van der Waals surface area contributed by atoms with E-state index in [0.717, 1.165) is 12.1 Å². The molecular weight excluding hydrogens is 922 g/mol. The number of nitrogens with one attached hydrogen (secondary N) is 1. The summed E-state index contributed by atoms with van der Waals surface area (Å²) in [5.74, 6) is -2.38. The molecule has 0 unspecified atom stereocenters. The molecule has 0 radical (unpaired) electrons. The Morgan fingerprint density at radius 1 is 0.667 bits per heavy atom. The highest BCUT2D eigenvalue weighted by atomic mass is 35.5. The number of sulfonamides is 2. The average Bonchev–Trinajstić information content (AvgIpc) is 3.30. The minimum Gasteiger partial charge on any atom is -0.465 e. The number of esters is 2. The highest BCUT2D eigenvalue weighted by Gasteiger charge is 2.38. The van der Waals surface area contributed by atoms with Gasteiger partial charge in [0.25, 0.3) is 0 Å². The van der Waals surface area contributed by atoms with E-state index in [1.54, 1.807) is 60.7 Å². The molecule has 4 aromatic carbocycles. The first-order valence-corrected chi connectivity index (χ1v) is 24.2. The number of anilines is 2. The van der Waals surface area contributed by atoms with Gasteiger partial charge < -0.3 is 24.3 Å². The minimum atomic E-state index is -3.74. The van der Waals surface area contributed by atoms with Gasteiger partial charge in [-0.2, -0.15) is 0 Å². The number of para-hydroxylation sites is 2. The Morgan fingerprint density at radius 3 is 1.41 bits per heavy atom. The highest BCUT2D eigenvalue weighted by molar-refractivity contribution is 7.93. The zero-order chi connectivity index (χ0) is 46.6. The second-order valence-electron chi connectivity index (χ2n) is 15.8. The number of hydrogen-bond donors (Lipinski definition) is 1. The summed E-state index contributed by atoms with van der Waals surface area (Å²) in [7, 11) is -4.99. The fourth-order valence-electron chi connectivity index (χ4n) is 7.61. The van der Waals surface area contributed by atoms with Crippen LogP contribution in [0.3, 0.4) is 0 Å². The normalized spacial score (nSPS) is 16.9. The Labute approximate surface area is 390 Å². The van der Waals surface area contributed by atoms with Crippen molar-refractivity contribution in [3.63, 3.8) is 0 Å². The molecule has 0 saturated carbocycles. The summed E-state index contributed by atoms with van der Waals surface area (Å²) in [5, 5.41) is 2.09. The molecule has 4 saturated heterocycles. The summed E-state index contributed by atoms with van der Waals surface area (Å²) < 4.78 is 105. The second kappa shape index (κ2) is 24.1. The number of piperidine rings is 2. The summed E-state index contributed by atoms with van der Waals surface area (Å²) in [6.07, 6.45) is 2.06. The van der Waals surface area contributed by atoms with E-state index < -0.39 is 54.1 Å². The third-order valence-corrected chi connectivity index (χ3v) is 16.1. The summed E-state index contributed by atoms with van der Waals surface area (Å²) in [4.78, 5) is 35.3. The number of nitrogens with zero attached hydrogens (tertiary/aromatic N) is 3. The van der Waals surface area contributed by atoms with E-state index >= 15 is 0 Å². The molecule has 8 rings (SSSR count). The van der Waals surface area contributed by atoms with Crippen molar-refractivity contribution in [1.82, 2.24) is 10.2 Å². The number of Topliss-reactive ketones (excluding diaryl/α,β-unsaturated/α-hetero) is 1. The van der Waals surface area contributed by atoms with Gasteiger partial charge in [0.1, 0.15) is 24.8 Å². The molecule has 4 aromatic rings. The van der Waals surface area contributed by atoms with Crippen molar-refractivity contribution < 1.29 is 58.9 Å². The Morgan fingerprint density at radius 2 is 1.08 bits per heavy atom. The van der Waals surface area contributed by atoms with Gasteiger partial charge in [0.15, 0.2) is 5.78 Å². The number of ether oxygens (including phenoxy) is 4. The first-order chi connectivity index (χ1) is 31.2. The van der Waals surface area contributed by atoms with Gasteiger partial charge >= 0.3 is 11.9 Å². The lowest BCUT2D eigenvalue weighted by Gasteiger charge is -2.42. The van der Waals surface area contributed by atoms with Crippen molar-refractivity contribution in [2.24, 2.45) is 0 Å². The molecule has 0 atom stereocenters. The number of methoxy groups -OCH3 is 2. The maximum Gasteiger partial charge on any atom is 0.337 e. The standard InChI is InChI=1S/C23H27FN2O5S.C20H23FN2O4S.C3H4O2.ClH/c1-30-23(27)17-7-8-18(22(24)13-17)14-26(19-5-3-2-4-6-19)32(28,29)21-9-11-25(12-10-21)20-15-31-16-20;1-27-20(24)15-7-8-16(19(21)13-15)14-23(17-5-3-2-4-6-17)28(25,26)18-9-11-22-12-10-18;4-3-1-5-2-3;/h2-8,13,20-21H,9-12,14-16H2,1H3;2-8,13,18,22H,9-12,14H2,1H3;1-2H2;1H. The number of benzene rings is 4. The van der Waals surface area contributed by atoms with Crippen molar-refractivity contribution >= 4 is 61.6 Å². The molecule has 20 heteroatoms. The van der Waals surface area contributed by atoms with Crippen LogP contribution in [0.1, 0.15) is 57.5 Å². The fraction of sp³-hybridized carbons (Fsp3) is 0.413. The van der Waals surface area contributed by atoms with Crippen LogP contribution in [0.2, 0.25) is 0 Å². The van der Waals surface area contributed by atoms with Gasteiger partial charge in [0.05, 0.1) is 79.6 Å². The lowest BCUT2D eigenvalue weighted by molar-refractivity contribution is -0.140. The molecule has 66 heavy (non-hydrogen) atoms. The summed E-state index contributed by atoms with van der Waals surface area (Å²) >= 11 is 0. The third kappa shape index (κ3) is 13.1. The van der Waals surface area contributed by atoms with E-state index in [1.165, 1.54) is 47.1 Å². The first-order valence-electron chi connectivity index (χ1n) is 21.2. The van der Waals surface area contributed by atoms with Crippen LogP contribution >= 0.6 is 12.4 Å². The predicted molar refractivity (Wildman–Crippen MR) is 247 cm³/mol. The van der Waals surface area contributed by atoms with E-state index in [-0.39, 0.29) is 53.5 Å². The molecule has 4 aliphatic heterocycles. The largest absolute Gasteiger partial charge is 0.465 e. The first kappa shape index (κ1) is 52.0. The van der Waals surface area contributed by atoms with Gasteiger partial charge in [-0.05, 0) is 100 Å². The quantitative estimate of drug-likeness (QED) is 0.166. The lowest BCUT2D eigenvalue weighted by Crippen LogP contribution is -2.54. The van der Waals surface area contributed by atoms with Crippen LogP contribution in [-0.4, -0.2) is 123 Å². The Hall–Kier alpha value is -5.02. The number of halogens is 3. The van der Waals surface area contributed by atoms with Crippen molar-refractivity contribution in [2.75, 3.05) is 75.4 Å². The molecule has 4 aliphatic rings. The fourth-order valence-corrected chi connectivity index (χ4v) is 11.4. The molecular formula is C46H55ClF2N4O11S2. The van der Waals surface area contributed by atoms with Gasteiger partial charge in [-0.25, -0.2) is 35.2 Å². The molecule has 0 aromatic heterocycles. The molecule has 0 aliphatic carbocycles. The van der Waals surface area contributed by atoms with Crippen LogP contribution in [0.15, 0.2) is 97.1 Å². The van der Waals surface area contributed by atoms with E-state index in [1.807, 2.05) is 0 Å². The zero-order valence-electron chi connectivity index (χ0n) is 36.7. The van der Waals surface area contributed by atoms with Gasteiger partial charge in [0, 0.05) is 11.1 Å². The van der Waals surface area contributed by atoms with Gasteiger partial charge in [-0.15, -0.1) is 12.4 Å². The maximum absolute atomic E-state index is 14.8. The van der Waals surface area contributed by atoms with Gasteiger partial charge in [-0.3, -0.25) is 18.3 Å². The molecule has 358 valence electrons. The number of carbonyl (C=O) groups excluding carboxylic acids is 3. The molecule has 1 N–H and O–H groups in total. The van der Waals surface area contributed by atoms with Gasteiger partial charge in [0.2, 0.25) is 20.0 Å². The smallest absolute Gasteiger partial charge is 0.337 e. The maximum atomic E-state index is 14.8. The number of ketones is 1. The number of hydrogen-bond acceptors (Lipinski definition) is 13. The van der Waals surface area contributed by atoms with E-state index in [2.05, 4.69) is 24.4 Å². The number of rotatable bonds is 13. The summed E-state index contributed by atoms with van der Waals surface area (Å²) in [5.41, 5.74) is 1.51. The summed E-state index contributed by atoms with van der Waals surface area (Å²) in [6, 6.07) is 25.7.